The second kappa shape index (κ2) is 1.44. The highest BCUT2D eigenvalue weighted by Gasteiger charge is 2.00. The molecule has 0 amide bonds. The molecule has 0 saturated carbocycles. The van der Waals surface area contributed by atoms with E-state index >= 15 is 0 Å². The van der Waals surface area contributed by atoms with Crippen LogP contribution in [0, 0.1) is 0 Å². The lowest BCUT2D eigenvalue weighted by Gasteiger charge is -1.79. The lowest BCUT2D eigenvalue weighted by Crippen LogP contribution is -1.78. The minimum Gasteiger partial charge on any atom is -0.492 e. The second-order valence-corrected chi connectivity index (χ2v) is 2.36. The van der Waals surface area contributed by atoms with Gasteiger partial charge >= 0.3 is 0 Å². The molecule has 2 aromatic heterocycles. The summed E-state index contributed by atoms with van der Waals surface area (Å²) in [5, 5.41) is 12.7. The maximum atomic E-state index is 8.94. The van der Waals surface area contributed by atoms with Gasteiger partial charge in [-0.15, -0.1) is 0 Å². The Bertz CT molecular complexity index is 325. The van der Waals surface area contributed by atoms with Crippen LogP contribution in [0.4, 0.5) is 0 Å². The largest absolute Gasteiger partial charge is 0.492 e. The number of nitrogens with zero attached hydrogens (tertiary/aromatic N) is 3. The maximum absolute atomic E-state index is 8.94. The Kier molecular flexibility index (Phi) is 0.762. The van der Waals surface area contributed by atoms with Crippen molar-refractivity contribution in [1.82, 2.24) is 14.6 Å². The van der Waals surface area contributed by atoms with E-state index in [1.165, 1.54) is 22.0 Å². The van der Waals surface area contributed by atoms with E-state index in [4.69, 9.17) is 5.11 Å². The van der Waals surface area contributed by atoms with Gasteiger partial charge in [0, 0.05) is 0 Å². The molecule has 0 atom stereocenters. The Morgan fingerprint density at radius 2 is 2.56 bits per heavy atom. The zero-order chi connectivity index (χ0) is 6.27. The molecule has 0 radical (unpaired) electrons. The topological polar surface area (TPSA) is 50.4 Å². The van der Waals surface area contributed by atoms with Crippen LogP contribution >= 0.6 is 11.3 Å². The predicted octanol–water partition coefficient (Wildman–Crippen LogP) is 0.496. The van der Waals surface area contributed by atoms with Gasteiger partial charge in [0.25, 0.3) is 0 Å². The van der Waals surface area contributed by atoms with E-state index in [-0.39, 0.29) is 5.88 Å². The third-order valence-electron chi connectivity index (χ3n) is 1.01. The van der Waals surface area contributed by atoms with Crippen molar-refractivity contribution in [3.8, 4) is 5.88 Å². The standard InChI is InChI=1S/C4H3N3OS/c8-3-1-5-4-7(3)6-2-9-4/h1-2,8H. The van der Waals surface area contributed by atoms with E-state index in [9.17, 15) is 0 Å². The van der Waals surface area contributed by atoms with Crippen molar-refractivity contribution in [1.29, 1.82) is 0 Å². The Balaban J connectivity index is 2.99. The van der Waals surface area contributed by atoms with E-state index in [2.05, 4.69) is 10.1 Å². The molecule has 0 aliphatic rings. The summed E-state index contributed by atoms with van der Waals surface area (Å²) < 4.78 is 1.38. The molecule has 46 valence electrons. The Morgan fingerprint density at radius 1 is 1.67 bits per heavy atom. The minimum absolute atomic E-state index is 0.0891. The van der Waals surface area contributed by atoms with Crippen molar-refractivity contribution in [2.45, 2.75) is 0 Å². The summed E-state index contributed by atoms with van der Waals surface area (Å²) in [4.78, 5) is 4.56. The highest BCUT2D eigenvalue weighted by molar-refractivity contribution is 7.14. The minimum atomic E-state index is 0.0891. The van der Waals surface area contributed by atoms with Crippen LogP contribution in [0.3, 0.4) is 0 Å². The Morgan fingerprint density at radius 3 is 3.33 bits per heavy atom. The number of aromatic nitrogens is 3. The molecule has 0 aliphatic carbocycles. The van der Waals surface area contributed by atoms with Gasteiger partial charge in [-0.3, -0.25) is 0 Å². The van der Waals surface area contributed by atoms with Crippen LogP contribution in [0.15, 0.2) is 11.7 Å². The fraction of sp³-hybridized carbons (Fsp3) is 0. The van der Waals surface area contributed by atoms with Gasteiger partial charge in [0.2, 0.25) is 10.8 Å². The first-order chi connectivity index (χ1) is 4.38. The van der Waals surface area contributed by atoms with Crippen LogP contribution in [-0.4, -0.2) is 19.7 Å². The average molecular weight is 141 g/mol. The molecule has 0 spiro atoms. The Labute approximate surface area is 54.4 Å². The molecular weight excluding hydrogens is 138 g/mol. The molecule has 9 heavy (non-hydrogen) atoms. The first kappa shape index (κ1) is 4.75. The van der Waals surface area contributed by atoms with Crippen LogP contribution in [0.2, 0.25) is 0 Å². The molecule has 2 rings (SSSR count). The molecule has 2 aromatic rings. The number of hydrogen-bond donors (Lipinski definition) is 1. The van der Waals surface area contributed by atoms with Gasteiger partial charge in [-0.2, -0.15) is 9.61 Å². The molecule has 4 nitrogen and oxygen atoms in total. The third-order valence-corrected chi connectivity index (χ3v) is 1.70. The van der Waals surface area contributed by atoms with E-state index in [0.717, 1.165) is 0 Å². The van der Waals surface area contributed by atoms with Gasteiger partial charge in [0.15, 0.2) is 0 Å². The number of imidazole rings is 1. The fourth-order valence-electron chi connectivity index (χ4n) is 0.627. The van der Waals surface area contributed by atoms with E-state index in [0.29, 0.717) is 4.96 Å². The van der Waals surface area contributed by atoms with E-state index in [1.54, 1.807) is 5.51 Å². The average Bonchev–Trinajstić information content (AvgIpc) is 2.35. The van der Waals surface area contributed by atoms with Crippen molar-refractivity contribution < 1.29 is 5.11 Å². The van der Waals surface area contributed by atoms with Crippen LogP contribution < -0.4 is 0 Å². The summed E-state index contributed by atoms with van der Waals surface area (Å²) in [6.45, 7) is 0. The van der Waals surface area contributed by atoms with Crippen LogP contribution in [-0.2, 0) is 0 Å². The number of hydrogen-bond acceptors (Lipinski definition) is 4. The number of fused-ring (bicyclic) bond motifs is 1. The lowest BCUT2D eigenvalue weighted by molar-refractivity contribution is 0.440. The van der Waals surface area contributed by atoms with E-state index < -0.39 is 0 Å². The predicted molar refractivity (Wildman–Crippen MR) is 32.5 cm³/mol. The van der Waals surface area contributed by atoms with E-state index in [1.807, 2.05) is 0 Å². The van der Waals surface area contributed by atoms with Gasteiger partial charge < -0.3 is 5.11 Å². The quantitative estimate of drug-likeness (QED) is 0.581. The van der Waals surface area contributed by atoms with Crippen molar-refractivity contribution in [3.05, 3.63) is 11.7 Å². The molecular formula is C4H3N3OS. The smallest absolute Gasteiger partial charge is 0.233 e. The monoisotopic (exact) mass is 141 g/mol. The van der Waals surface area contributed by atoms with Gasteiger partial charge in [-0.05, 0) is 0 Å². The molecule has 1 N–H and O–H groups in total. The lowest BCUT2D eigenvalue weighted by atomic mass is 10.9. The number of rotatable bonds is 0. The molecule has 0 aromatic carbocycles. The second-order valence-electron chi connectivity index (χ2n) is 1.55. The highest BCUT2D eigenvalue weighted by Crippen LogP contribution is 2.13. The molecule has 0 fully saturated rings. The molecule has 2 heterocycles. The van der Waals surface area contributed by atoms with Gasteiger partial charge in [0.1, 0.15) is 5.51 Å². The Hall–Kier alpha value is -1.10. The van der Waals surface area contributed by atoms with Crippen molar-refractivity contribution in [2.24, 2.45) is 0 Å². The molecule has 0 unspecified atom stereocenters. The molecule has 0 bridgehead atoms. The van der Waals surface area contributed by atoms with Gasteiger partial charge in [-0.25, -0.2) is 4.98 Å². The summed E-state index contributed by atoms with van der Waals surface area (Å²) in [6, 6.07) is 0. The van der Waals surface area contributed by atoms with Crippen LogP contribution in [0.5, 0.6) is 5.88 Å². The normalized spacial score (nSPS) is 10.7. The van der Waals surface area contributed by atoms with Crippen molar-refractivity contribution >= 4 is 16.3 Å². The SMILES string of the molecule is Oc1cnc2scnn12. The maximum Gasteiger partial charge on any atom is 0.233 e. The van der Waals surface area contributed by atoms with Crippen LogP contribution in [0.25, 0.3) is 4.96 Å². The molecule has 0 aliphatic heterocycles. The fourth-order valence-corrected chi connectivity index (χ4v) is 1.22. The summed E-state index contributed by atoms with van der Waals surface area (Å²) in [6.07, 6.45) is 1.37. The summed E-state index contributed by atoms with van der Waals surface area (Å²) in [7, 11) is 0. The van der Waals surface area contributed by atoms with Gasteiger partial charge in [-0.1, -0.05) is 11.3 Å². The summed E-state index contributed by atoms with van der Waals surface area (Å²) in [5.41, 5.74) is 1.63. The van der Waals surface area contributed by atoms with Gasteiger partial charge in [0.05, 0.1) is 6.20 Å². The number of aromatic hydroxyl groups is 1. The molecule has 0 saturated heterocycles. The van der Waals surface area contributed by atoms with Crippen molar-refractivity contribution in [3.63, 3.8) is 0 Å². The first-order valence-electron chi connectivity index (χ1n) is 2.34. The third kappa shape index (κ3) is 0.517. The van der Waals surface area contributed by atoms with Crippen molar-refractivity contribution in [2.75, 3.05) is 0 Å². The first-order valence-corrected chi connectivity index (χ1v) is 3.22. The zero-order valence-electron chi connectivity index (χ0n) is 4.35. The zero-order valence-corrected chi connectivity index (χ0v) is 5.17. The summed E-state index contributed by atoms with van der Waals surface area (Å²) in [5.74, 6) is 0.0891. The molecule has 5 heteroatoms. The van der Waals surface area contributed by atoms with Crippen LogP contribution in [0.1, 0.15) is 0 Å². The summed E-state index contributed by atoms with van der Waals surface area (Å²) >= 11 is 1.39. The highest BCUT2D eigenvalue weighted by atomic mass is 32.1.